The molecule has 1 N–H and O–H groups in total. The van der Waals surface area contributed by atoms with E-state index in [4.69, 9.17) is 0 Å². The van der Waals surface area contributed by atoms with Crippen LogP contribution in [-0.4, -0.2) is 15.6 Å². The van der Waals surface area contributed by atoms with Gasteiger partial charge in [0, 0.05) is 23.6 Å². The van der Waals surface area contributed by atoms with Gasteiger partial charge in [-0.15, -0.1) is 0 Å². The molecule has 4 aromatic rings. The molecule has 4 rings (SSSR count). The predicted molar refractivity (Wildman–Crippen MR) is 118 cm³/mol. The molecule has 0 amide bonds. The minimum absolute atomic E-state index is 0.167. The summed E-state index contributed by atoms with van der Waals surface area (Å²) in [7, 11) is 0. The van der Waals surface area contributed by atoms with E-state index in [0.29, 0.717) is 17.4 Å². The molecular formula is C26H19NO3. The fourth-order valence-electron chi connectivity index (χ4n) is 3.38. The number of carbonyl (C=O) groups is 1. The van der Waals surface area contributed by atoms with E-state index < -0.39 is 5.97 Å². The fourth-order valence-corrected chi connectivity index (χ4v) is 3.38. The third-order valence-corrected chi connectivity index (χ3v) is 4.94. The van der Waals surface area contributed by atoms with Gasteiger partial charge in [0.05, 0.1) is 12.1 Å². The number of hydrogen-bond donors (Lipinski definition) is 1. The minimum Gasteiger partial charge on any atom is -0.478 e. The summed E-state index contributed by atoms with van der Waals surface area (Å²) >= 11 is 0. The van der Waals surface area contributed by atoms with Gasteiger partial charge in [-0.2, -0.15) is 0 Å². The second-order valence-corrected chi connectivity index (χ2v) is 6.98. The number of pyridine rings is 1. The summed E-state index contributed by atoms with van der Waals surface area (Å²) in [6, 6.07) is 24.2. The summed E-state index contributed by atoms with van der Waals surface area (Å²) in [4.78, 5) is 24.5. The zero-order valence-electron chi connectivity index (χ0n) is 16.2. The molecule has 0 aliphatic carbocycles. The molecular weight excluding hydrogens is 374 g/mol. The number of aromatic nitrogens is 1. The molecule has 0 unspecified atom stereocenters. The van der Waals surface area contributed by atoms with Crippen LogP contribution in [0.4, 0.5) is 0 Å². The van der Waals surface area contributed by atoms with Crippen molar-refractivity contribution in [3.63, 3.8) is 0 Å². The second-order valence-electron chi connectivity index (χ2n) is 6.98. The Kier molecular flexibility index (Phi) is 5.45. The van der Waals surface area contributed by atoms with Crippen LogP contribution in [0.3, 0.4) is 0 Å². The van der Waals surface area contributed by atoms with Gasteiger partial charge < -0.3 is 9.67 Å². The molecule has 0 bridgehead atoms. The summed E-state index contributed by atoms with van der Waals surface area (Å²) in [6.07, 6.45) is 2.34. The SMILES string of the molecule is O=C(O)c1ccccc1Cn1ccc2ccc(C#CCc3ccccc3)cc2c1=O. The van der Waals surface area contributed by atoms with Crippen molar-refractivity contribution >= 4 is 16.7 Å². The van der Waals surface area contributed by atoms with Crippen molar-refractivity contribution in [2.24, 2.45) is 0 Å². The Labute approximate surface area is 174 Å². The largest absolute Gasteiger partial charge is 0.478 e. The van der Waals surface area contributed by atoms with Crippen LogP contribution < -0.4 is 5.56 Å². The normalized spacial score (nSPS) is 10.4. The highest BCUT2D eigenvalue weighted by molar-refractivity contribution is 5.89. The van der Waals surface area contributed by atoms with E-state index >= 15 is 0 Å². The lowest BCUT2D eigenvalue weighted by molar-refractivity contribution is 0.0695. The van der Waals surface area contributed by atoms with Crippen molar-refractivity contribution in [2.75, 3.05) is 0 Å². The Balaban J connectivity index is 1.65. The van der Waals surface area contributed by atoms with Crippen molar-refractivity contribution in [2.45, 2.75) is 13.0 Å². The highest BCUT2D eigenvalue weighted by Gasteiger charge is 2.11. The van der Waals surface area contributed by atoms with Crippen molar-refractivity contribution < 1.29 is 9.90 Å². The third-order valence-electron chi connectivity index (χ3n) is 4.94. The summed E-state index contributed by atoms with van der Waals surface area (Å²) in [5, 5.41) is 10.8. The van der Waals surface area contributed by atoms with Crippen LogP contribution in [0.25, 0.3) is 10.8 Å². The quantitative estimate of drug-likeness (QED) is 0.525. The number of carboxylic acid groups (broad SMARTS) is 1. The summed E-state index contributed by atoms with van der Waals surface area (Å²) in [5.41, 5.74) is 2.54. The highest BCUT2D eigenvalue weighted by atomic mass is 16.4. The maximum absolute atomic E-state index is 13.0. The first-order chi connectivity index (χ1) is 14.6. The topological polar surface area (TPSA) is 59.3 Å². The van der Waals surface area contributed by atoms with Crippen LogP contribution in [0.2, 0.25) is 0 Å². The Hall–Kier alpha value is -4.10. The van der Waals surface area contributed by atoms with Gasteiger partial charge in [-0.05, 0) is 40.8 Å². The molecule has 0 aliphatic rings. The third kappa shape index (κ3) is 4.16. The summed E-state index contributed by atoms with van der Waals surface area (Å²) < 4.78 is 1.53. The predicted octanol–water partition coefficient (Wildman–Crippen LogP) is 4.34. The Bertz CT molecular complexity index is 1340. The average Bonchev–Trinajstić information content (AvgIpc) is 2.77. The van der Waals surface area contributed by atoms with Gasteiger partial charge in [0.15, 0.2) is 0 Å². The van der Waals surface area contributed by atoms with Crippen LogP contribution in [0, 0.1) is 11.8 Å². The Morgan fingerprint density at radius 1 is 0.933 bits per heavy atom. The van der Waals surface area contributed by atoms with Crippen molar-refractivity contribution in [1.82, 2.24) is 4.57 Å². The number of fused-ring (bicyclic) bond motifs is 1. The lowest BCUT2D eigenvalue weighted by atomic mass is 10.1. The average molecular weight is 393 g/mol. The fraction of sp³-hybridized carbons (Fsp3) is 0.0769. The van der Waals surface area contributed by atoms with Gasteiger partial charge in [-0.3, -0.25) is 4.79 Å². The van der Waals surface area contributed by atoms with Gasteiger partial charge in [-0.25, -0.2) is 4.79 Å². The zero-order chi connectivity index (χ0) is 20.9. The van der Waals surface area contributed by atoms with Crippen LogP contribution in [0.5, 0.6) is 0 Å². The number of hydrogen-bond acceptors (Lipinski definition) is 2. The number of aromatic carboxylic acids is 1. The molecule has 1 aromatic heterocycles. The van der Waals surface area contributed by atoms with Gasteiger partial charge in [0.25, 0.3) is 5.56 Å². The standard InChI is InChI=1S/C26H19NO3/c28-25-24-17-20(10-6-9-19-7-2-1-3-8-19)13-14-21(24)15-16-27(25)18-22-11-4-5-12-23(22)26(29)30/h1-5,7-8,11-17H,9,18H2,(H,29,30). The molecule has 4 heteroatoms. The molecule has 0 saturated heterocycles. The smallest absolute Gasteiger partial charge is 0.336 e. The van der Waals surface area contributed by atoms with E-state index in [-0.39, 0.29) is 17.7 Å². The van der Waals surface area contributed by atoms with Crippen molar-refractivity contribution in [3.05, 3.63) is 118 Å². The molecule has 4 nitrogen and oxygen atoms in total. The van der Waals surface area contributed by atoms with E-state index in [1.54, 1.807) is 36.5 Å². The van der Waals surface area contributed by atoms with Crippen LogP contribution in [-0.2, 0) is 13.0 Å². The number of carboxylic acids is 1. The molecule has 30 heavy (non-hydrogen) atoms. The first-order valence-electron chi connectivity index (χ1n) is 9.59. The maximum Gasteiger partial charge on any atom is 0.336 e. The van der Waals surface area contributed by atoms with Gasteiger partial charge in [-0.1, -0.05) is 66.4 Å². The van der Waals surface area contributed by atoms with Gasteiger partial charge >= 0.3 is 5.97 Å². The monoisotopic (exact) mass is 393 g/mol. The van der Waals surface area contributed by atoms with Crippen molar-refractivity contribution in [1.29, 1.82) is 0 Å². The molecule has 0 spiro atoms. The van der Waals surface area contributed by atoms with Crippen LogP contribution in [0.15, 0.2) is 89.9 Å². The van der Waals surface area contributed by atoms with Gasteiger partial charge in [0.2, 0.25) is 0 Å². The van der Waals surface area contributed by atoms with Crippen LogP contribution in [0.1, 0.15) is 27.0 Å². The van der Waals surface area contributed by atoms with Crippen LogP contribution >= 0.6 is 0 Å². The number of benzene rings is 3. The van der Waals surface area contributed by atoms with E-state index in [2.05, 4.69) is 11.8 Å². The van der Waals surface area contributed by atoms with E-state index in [0.717, 1.165) is 16.5 Å². The molecule has 0 radical (unpaired) electrons. The number of nitrogens with zero attached hydrogens (tertiary/aromatic N) is 1. The van der Waals surface area contributed by atoms with Gasteiger partial charge in [0.1, 0.15) is 0 Å². The van der Waals surface area contributed by atoms with E-state index in [9.17, 15) is 14.7 Å². The molecule has 1 heterocycles. The van der Waals surface area contributed by atoms with E-state index in [1.165, 1.54) is 4.57 Å². The molecule has 0 atom stereocenters. The molecule has 0 saturated carbocycles. The highest BCUT2D eigenvalue weighted by Crippen LogP contribution is 2.14. The zero-order valence-corrected chi connectivity index (χ0v) is 16.2. The minimum atomic E-state index is -1.00. The molecule has 146 valence electrons. The molecule has 0 aliphatic heterocycles. The first-order valence-corrected chi connectivity index (χ1v) is 9.59. The Morgan fingerprint density at radius 3 is 2.50 bits per heavy atom. The first kappa shape index (κ1) is 19.2. The molecule has 0 fully saturated rings. The number of rotatable bonds is 4. The summed E-state index contributed by atoms with van der Waals surface area (Å²) in [6.45, 7) is 0.196. The summed E-state index contributed by atoms with van der Waals surface area (Å²) in [5.74, 6) is 5.28. The Morgan fingerprint density at radius 2 is 1.70 bits per heavy atom. The van der Waals surface area contributed by atoms with Crippen molar-refractivity contribution in [3.8, 4) is 11.8 Å². The molecule has 3 aromatic carbocycles. The lowest BCUT2D eigenvalue weighted by Crippen LogP contribution is -2.21. The van der Waals surface area contributed by atoms with E-state index in [1.807, 2.05) is 48.5 Å². The lowest BCUT2D eigenvalue weighted by Gasteiger charge is -2.10. The maximum atomic E-state index is 13.0. The second kappa shape index (κ2) is 8.50.